The van der Waals surface area contributed by atoms with E-state index in [1.165, 1.54) is 5.69 Å². The van der Waals surface area contributed by atoms with Crippen LogP contribution in [0.3, 0.4) is 0 Å². The second kappa shape index (κ2) is 6.48. The quantitative estimate of drug-likeness (QED) is 0.917. The van der Waals surface area contributed by atoms with E-state index >= 15 is 0 Å². The van der Waals surface area contributed by atoms with E-state index in [1.807, 2.05) is 6.07 Å². The molecule has 0 aromatic heterocycles. The van der Waals surface area contributed by atoms with Crippen molar-refractivity contribution in [1.82, 2.24) is 10.2 Å². The molecular formula is C17H25N3O. The first-order chi connectivity index (χ1) is 10.3. The van der Waals surface area contributed by atoms with E-state index in [0.717, 1.165) is 45.7 Å². The molecule has 2 aliphatic rings. The minimum Gasteiger partial charge on any atom is -0.370 e. The van der Waals surface area contributed by atoms with Gasteiger partial charge in [0.1, 0.15) is 0 Å². The zero-order valence-electron chi connectivity index (χ0n) is 12.8. The van der Waals surface area contributed by atoms with Crippen molar-refractivity contribution in [3.05, 3.63) is 30.3 Å². The van der Waals surface area contributed by atoms with E-state index in [1.54, 1.807) is 0 Å². The van der Waals surface area contributed by atoms with Crippen molar-refractivity contribution in [2.24, 2.45) is 11.8 Å². The first-order valence-corrected chi connectivity index (χ1v) is 8.05. The molecule has 114 valence electrons. The Bertz CT molecular complexity index is 472. The number of hydrogen-bond donors (Lipinski definition) is 1. The van der Waals surface area contributed by atoms with Gasteiger partial charge in [-0.15, -0.1) is 0 Å². The summed E-state index contributed by atoms with van der Waals surface area (Å²) in [5, 5.41) is 3.26. The summed E-state index contributed by atoms with van der Waals surface area (Å²) in [5.74, 6) is 1.04. The molecule has 1 aromatic rings. The lowest BCUT2D eigenvalue weighted by molar-refractivity contribution is -0.137. The van der Waals surface area contributed by atoms with Crippen LogP contribution in [0.4, 0.5) is 5.69 Å². The maximum Gasteiger partial charge on any atom is 0.225 e. The molecule has 2 heterocycles. The fourth-order valence-electron chi connectivity index (χ4n) is 3.19. The smallest absolute Gasteiger partial charge is 0.225 e. The van der Waals surface area contributed by atoms with Gasteiger partial charge in [0.25, 0.3) is 0 Å². The number of carbonyl (C=O) groups excluding carboxylic acids is 1. The molecule has 0 spiro atoms. The third-order valence-corrected chi connectivity index (χ3v) is 4.84. The van der Waals surface area contributed by atoms with Crippen LogP contribution in [0.2, 0.25) is 0 Å². The average molecular weight is 287 g/mol. The van der Waals surface area contributed by atoms with Crippen LogP contribution in [-0.2, 0) is 4.79 Å². The Labute approximate surface area is 127 Å². The molecule has 0 radical (unpaired) electrons. The summed E-state index contributed by atoms with van der Waals surface area (Å²) in [6, 6.07) is 10.5. The maximum absolute atomic E-state index is 12.6. The molecule has 0 aliphatic carbocycles. The molecule has 4 nitrogen and oxygen atoms in total. The summed E-state index contributed by atoms with van der Waals surface area (Å²) in [4.78, 5) is 17.1. The number of benzene rings is 1. The Morgan fingerprint density at radius 2 is 1.90 bits per heavy atom. The molecule has 2 saturated heterocycles. The van der Waals surface area contributed by atoms with Gasteiger partial charge in [-0.1, -0.05) is 25.1 Å². The number of rotatable bonds is 3. The van der Waals surface area contributed by atoms with E-state index < -0.39 is 0 Å². The van der Waals surface area contributed by atoms with Gasteiger partial charge in [0, 0.05) is 37.8 Å². The molecule has 4 heteroatoms. The summed E-state index contributed by atoms with van der Waals surface area (Å²) in [6.07, 6.45) is 1.05. The highest BCUT2D eigenvalue weighted by Gasteiger charge is 2.32. The van der Waals surface area contributed by atoms with Crippen LogP contribution in [0, 0.1) is 11.8 Å². The SMILES string of the molecule is CC(C(=O)N1CCCN(c2ccccc2)CC1)C1CNC1. The molecule has 1 N–H and O–H groups in total. The van der Waals surface area contributed by atoms with Crippen LogP contribution in [-0.4, -0.2) is 50.1 Å². The Hall–Kier alpha value is -1.55. The largest absolute Gasteiger partial charge is 0.370 e. The predicted molar refractivity (Wildman–Crippen MR) is 85.4 cm³/mol. The van der Waals surface area contributed by atoms with Crippen molar-refractivity contribution in [1.29, 1.82) is 0 Å². The standard InChI is InChI=1S/C17H25N3O/c1-14(15-12-18-13-15)17(21)20-9-5-8-19(10-11-20)16-6-3-2-4-7-16/h2-4,6-7,14-15,18H,5,8-13H2,1H3. The second-order valence-corrected chi connectivity index (χ2v) is 6.21. The monoisotopic (exact) mass is 287 g/mol. The molecule has 0 bridgehead atoms. The number of nitrogens with one attached hydrogen (secondary N) is 1. The molecule has 2 aliphatic heterocycles. The summed E-state index contributed by atoms with van der Waals surface area (Å²) < 4.78 is 0. The minimum atomic E-state index is 0.162. The van der Waals surface area contributed by atoms with Crippen LogP contribution in [0.25, 0.3) is 0 Å². The van der Waals surface area contributed by atoms with Crippen LogP contribution >= 0.6 is 0 Å². The van der Waals surface area contributed by atoms with Crippen molar-refractivity contribution >= 4 is 11.6 Å². The Morgan fingerprint density at radius 3 is 2.57 bits per heavy atom. The highest BCUT2D eigenvalue weighted by atomic mass is 16.2. The fourth-order valence-corrected chi connectivity index (χ4v) is 3.19. The Balaban J connectivity index is 1.59. The first-order valence-electron chi connectivity index (χ1n) is 8.05. The normalized spacial score (nSPS) is 21.6. The van der Waals surface area contributed by atoms with Gasteiger partial charge in [-0.05, 0) is 37.6 Å². The van der Waals surface area contributed by atoms with E-state index in [9.17, 15) is 4.79 Å². The number of hydrogen-bond acceptors (Lipinski definition) is 3. The van der Waals surface area contributed by atoms with Gasteiger partial charge in [0.05, 0.1) is 0 Å². The molecule has 21 heavy (non-hydrogen) atoms. The molecule has 3 rings (SSSR count). The molecule has 1 atom stereocenters. The number of amides is 1. The molecule has 1 amide bonds. The van der Waals surface area contributed by atoms with Gasteiger partial charge >= 0.3 is 0 Å². The highest BCUT2D eigenvalue weighted by molar-refractivity contribution is 5.79. The predicted octanol–water partition coefficient (Wildman–Crippen LogP) is 1.58. The van der Waals surface area contributed by atoms with Gasteiger partial charge in [-0.2, -0.15) is 0 Å². The molecular weight excluding hydrogens is 262 g/mol. The molecule has 2 fully saturated rings. The Kier molecular flexibility index (Phi) is 4.44. The first kappa shape index (κ1) is 14.4. The van der Waals surface area contributed by atoms with Crippen molar-refractivity contribution in [3.8, 4) is 0 Å². The fraction of sp³-hybridized carbons (Fsp3) is 0.588. The summed E-state index contributed by atoms with van der Waals surface area (Å²) in [5.41, 5.74) is 1.27. The van der Waals surface area contributed by atoms with E-state index in [2.05, 4.69) is 46.3 Å². The van der Waals surface area contributed by atoms with Gasteiger partial charge in [0.2, 0.25) is 5.91 Å². The van der Waals surface area contributed by atoms with Gasteiger partial charge in [-0.25, -0.2) is 0 Å². The van der Waals surface area contributed by atoms with Crippen LogP contribution in [0.1, 0.15) is 13.3 Å². The van der Waals surface area contributed by atoms with E-state index in [0.29, 0.717) is 11.8 Å². The summed E-state index contributed by atoms with van der Waals surface area (Å²) >= 11 is 0. The van der Waals surface area contributed by atoms with E-state index in [-0.39, 0.29) is 5.92 Å². The number of para-hydroxylation sites is 1. The van der Waals surface area contributed by atoms with Crippen LogP contribution in [0.5, 0.6) is 0 Å². The van der Waals surface area contributed by atoms with Crippen molar-refractivity contribution in [2.75, 3.05) is 44.2 Å². The van der Waals surface area contributed by atoms with Crippen molar-refractivity contribution in [3.63, 3.8) is 0 Å². The maximum atomic E-state index is 12.6. The minimum absolute atomic E-state index is 0.162. The number of carbonyl (C=O) groups is 1. The van der Waals surface area contributed by atoms with Crippen molar-refractivity contribution in [2.45, 2.75) is 13.3 Å². The lowest BCUT2D eigenvalue weighted by Gasteiger charge is -2.34. The number of anilines is 1. The summed E-state index contributed by atoms with van der Waals surface area (Å²) in [6.45, 7) is 7.80. The van der Waals surface area contributed by atoms with Crippen molar-refractivity contribution < 1.29 is 4.79 Å². The van der Waals surface area contributed by atoms with Gasteiger partial charge < -0.3 is 15.1 Å². The third kappa shape index (κ3) is 3.21. The zero-order valence-corrected chi connectivity index (χ0v) is 12.8. The average Bonchev–Trinajstić information content (AvgIpc) is 2.71. The summed E-state index contributed by atoms with van der Waals surface area (Å²) in [7, 11) is 0. The molecule has 1 unspecified atom stereocenters. The molecule has 0 saturated carbocycles. The van der Waals surface area contributed by atoms with Crippen LogP contribution in [0.15, 0.2) is 30.3 Å². The lowest BCUT2D eigenvalue weighted by Crippen LogP contribution is -2.50. The Morgan fingerprint density at radius 1 is 1.14 bits per heavy atom. The highest BCUT2D eigenvalue weighted by Crippen LogP contribution is 2.21. The molecule has 1 aromatic carbocycles. The second-order valence-electron chi connectivity index (χ2n) is 6.21. The topological polar surface area (TPSA) is 35.6 Å². The lowest BCUT2D eigenvalue weighted by atomic mass is 9.88. The zero-order chi connectivity index (χ0) is 14.7. The number of nitrogens with zero attached hydrogens (tertiary/aromatic N) is 2. The van der Waals surface area contributed by atoms with Gasteiger partial charge in [0.15, 0.2) is 0 Å². The van der Waals surface area contributed by atoms with Crippen LogP contribution < -0.4 is 10.2 Å². The van der Waals surface area contributed by atoms with Gasteiger partial charge in [-0.3, -0.25) is 4.79 Å². The third-order valence-electron chi connectivity index (χ3n) is 4.84. The van der Waals surface area contributed by atoms with E-state index in [4.69, 9.17) is 0 Å².